The zero-order chi connectivity index (χ0) is 17.8. The first-order valence-corrected chi connectivity index (χ1v) is 9.30. The van der Waals surface area contributed by atoms with Gasteiger partial charge in [-0.2, -0.15) is 0 Å². The van der Waals surface area contributed by atoms with Gasteiger partial charge in [-0.3, -0.25) is 9.69 Å². The van der Waals surface area contributed by atoms with Crippen LogP contribution in [0.4, 0.5) is 9.52 Å². The molecule has 0 aliphatic carbocycles. The summed E-state index contributed by atoms with van der Waals surface area (Å²) in [5.41, 5.74) is 0.802. The van der Waals surface area contributed by atoms with E-state index in [0.29, 0.717) is 6.54 Å². The number of rotatable bonds is 5. The van der Waals surface area contributed by atoms with E-state index in [1.54, 1.807) is 29.4 Å². The molecule has 0 spiro atoms. The van der Waals surface area contributed by atoms with E-state index < -0.39 is 0 Å². The van der Waals surface area contributed by atoms with Crippen LogP contribution in [0, 0.1) is 5.82 Å². The molecule has 1 amide bonds. The monoisotopic (exact) mass is 362 g/mol. The van der Waals surface area contributed by atoms with E-state index >= 15 is 0 Å². The molecule has 1 aliphatic rings. The van der Waals surface area contributed by atoms with Crippen LogP contribution < -0.4 is 4.90 Å². The van der Waals surface area contributed by atoms with Gasteiger partial charge in [-0.15, -0.1) is 11.3 Å². The molecule has 1 aromatic heterocycles. The number of anilines is 1. The van der Waals surface area contributed by atoms with Gasteiger partial charge in [0.15, 0.2) is 5.13 Å². The summed E-state index contributed by atoms with van der Waals surface area (Å²) in [4.78, 5) is 23.2. The van der Waals surface area contributed by atoms with Crippen molar-refractivity contribution < 1.29 is 9.18 Å². The van der Waals surface area contributed by atoms with Gasteiger partial charge in [-0.1, -0.05) is 12.1 Å². The molecule has 134 valence electrons. The Morgan fingerprint density at radius 1 is 1.36 bits per heavy atom. The lowest BCUT2D eigenvalue weighted by Gasteiger charge is -2.38. The van der Waals surface area contributed by atoms with Gasteiger partial charge in [-0.05, 0) is 24.6 Å². The summed E-state index contributed by atoms with van der Waals surface area (Å²) in [5.74, 6) is -0.211. The van der Waals surface area contributed by atoms with Crippen LogP contribution in [-0.4, -0.2) is 60.0 Å². The van der Waals surface area contributed by atoms with Gasteiger partial charge in [0, 0.05) is 51.3 Å². The molecule has 2 heterocycles. The fraction of sp³-hybridized carbons (Fsp3) is 0.444. The minimum atomic E-state index is -0.273. The topological polar surface area (TPSA) is 39.7 Å². The van der Waals surface area contributed by atoms with Gasteiger partial charge in [0.05, 0.1) is 6.04 Å². The highest BCUT2D eigenvalue weighted by Gasteiger charge is 2.28. The predicted molar refractivity (Wildman–Crippen MR) is 98.2 cm³/mol. The number of hydrogen-bond donors (Lipinski definition) is 0. The van der Waals surface area contributed by atoms with Crippen LogP contribution in [0.1, 0.15) is 12.5 Å². The van der Waals surface area contributed by atoms with Crippen molar-refractivity contribution in [2.24, 2.45) is 0 Å². The summed E-state index contributed by atoms with van der Waals surface area (Å²) < 4.78 is 13.3. The van der Waals surface area contributed by atoms with E-state index in [1.807, 2.05) is 24.6 Å². The summed E-state index contributed by atoms with van der Waals surface area (Å²) in [7, 11) is 1.77. The smallest absolute Gasteiger partial charge is 0.239 e. The fourth-order valence-electron chi connectivity index (χ4n) is 3.13. The lowest BCUT2D eigenvalue weighted by atomic mass is 10.1. The average Bonchev–Trinajstić information content (AvgIpc) is 3.15. The van der Waals surface area contributed by atoms with E-state index in [-0.39, 0.29) is 17.8 Å². The maximum Gasteiger partial charge on any atom is 0.239 e. The maximum absolute atomic E-state index is 13.3. The van der Waals surface area contributed by atoms with Crippen LogP contribution in [0.2, 0.25) is 0 Å². The second kappa shape index (κ2) is 7.93. The number of piperazine rings is 1. The lowest BCUT2D eigenvalue weighted by Crippen LogP contribution is -2.54. The highest BCUT2D eigenvalue weighted by Crippen LogP contribution is 2.20. The Morgan fingerprint density at radius 3 is 2.76 bits per heavy atom. The van der Waals surface area contributed by atoms with Crippen molar-refractivity contribution in [2.75, 3.05) is 38.1 Å². The molecular formula is C18H23FN4OS. The second-order valence-electron chi connectivity index (χ2n) is 6.34. The SMILES string of the molecule is C[C@@H](C(=O)N(C)Cc1cccc(F)c1)N1CCN(c2nccs2)CC1. The van der Waals surface area contributed by atoms with Crippen molar-refractivity contribution in [2.45, 2.75) is 19.5 Å². The molecule has 5 nitrogen and oxygen atoms in total. The van der Waals surface area contributed by atoms with Crippen molar-refractivity contribution in [1.82, 2.24) is 14.8 Å². The molecule has 1 fully saturated rings. The Bertz CT molecular complexity index is 701. The Kier molecular flexibility index (Phi) is 5.65. The normalized spacial score (nSPS) is 16.7. The van der Waals surface area contributed by atoms with E-state index in [9.17, 15) is 9.18 Å². The number of benzene rings is 1. The molecule has 1 aliphatic heterocycles. The molecule has 7 heteroatoms. The molecular weight excluding hydrogens is 339 g/mol. The van der Waals surface area contributed by atoms with Crippen molar-refractivity contribution >= 4 is 22.4 Å². The molecule has 0 saturated carbocycles. The Morgan fingerprint density at radius 2 is 2.12 bits per heavy atom. The zero-order valence-electron chi connectivity index (χ0n) is 14.6. The van der Waals surface area contributed by atoms with Gasteiger partial charge < -0.3 is 9.80 Å². The first-order chi connectivity index (χ1) is 12.0. The molecule has 0 unspecified atom stereocenters. The van der Waals surface area contributed by atoms with E-state index in [2.05, 4.69) is 14.8 Å². The standard InChI is InChI=1S/C18H23FN4OS/c1-14(17(24)21(2)13-15-4-3-5-16(19)12-15)22-7-9-23(10-8-22)18-20-6-11-25-18/h3-6,11-12,14H,7-10,13H2,1-2H3/t14-/m0/s1. The average molecular weight is 362 g/mol. The Hall–Kier alpha value is -1.99. The quantitative estimate of drug-likeness (QED) is 0.819. The van der Waals surface area contributed by atoms with E-state index in [4.69, 9.17) is 0 Å². The summed E-state index contributed by atoms with van der Waals surface area (Å²) in [6, 6.07) is 6.21. The van der Waals surface area contributed by atoms with Crippen molar-refractivity contribution in [1.29, 1.82) is 0 Å². The molecule has 0 bridgehead atoms. The second-order valence-corrected chi connectivity index (χ2v) is 7.21. The van der Waals surface area contributed by atoms with Gasteiger partial charge in [-0.25, -0.2) is 9.37 Å². The van der Waals surface area contributed by atoms with Gasteiger partial charge in [0.2, 0.25) is 5.91 Å². The first kappa shape index (κ1) is 17.8. The Labute approximate surface area is 151 Å². The molecule has 1 saturated heterocycles. The molecule has 3 rings (SSSR count). The minimum Gasteiger partial charge on any atom is -0.346 e. The van der Waals surface area contributed by atoms with Crippen LogP contribution in [0.25, 0.3) is 0 Å². The van der Waals surface area contributed by atoms with Crippen molar-refractivity contribution in [3.8, 4) is 0 Å². The number of carbonyl (C=O) groups excluding carboxylic acids is 1. The molecule has 0 N–H and O–H groups in total. The van der Waals surface area contributed by atoms with Crippen LogP contribution in [-0.2, 0) is 11.3 Å². The minimum absolute atomic E-state index is 0.0620. The highest BCUT2D eigenvalue weighted by atomic mass is 32.1. The largest absolute Gasteiger partial charge is 0.346 e. The van der Waals surface area contributed by atoms with Crippen molar-refractivity contribution in [3.63, 3.8) is 0 Å². The van der Waals surface area contributed by atoms with Crippen LogP contribution >= 0.6 is 11.3 Å². The molecule has 1 aromatic carbocycles. The number of likely N-dealkylation sites (N-methyl/N-ethyl adjacent to an activating group) is 1. The maximum atomic E-state index is 13.3. The predicted octanol–water partition coefficient (Wildman–Crippen LogP) is 2.45. The highest BCUT2D eigenvalue weighted by molar-refractivity contribution is 7.13. The third kappa shape index (κ3) is 4.35. The van der Waals surface area contributed by atoms with Gasteiger partial charge in [0.25, 0.3) is 0 Å². The van der Waals surface area contributed by atoms with Crippen LogP contribution in [0.5, 0.6) is 0 Å². The Balaban J connectivity index is 1.53. The van der Waals surface area contributed by atoms with E-state index in [0.717, 1.165) is 36.9 Å². The summed E-state index contributed by atoms with van der Waals surface area (Å²) in [5, 5.41) is 3.02. The van der Waals surface area contributed by atoms with Crippen molar-refractivity contribution in [3.05, 3.63) is 47.2 Å². The number of carbonyl (C=O) groups is 1. The molecule has 2 aromatic rings. The summed E-state index contributed by atoms with van der Waals surface area (Å²) in [6.07, 6.45) is 1.82. The number of amides is 1. The summed E-state index contributed by atoms with van der Waals surface area (Å²) in [6.45, 7) is 5.78. The lowest BCUT2D eigenvalue weighted by molar-refractivity contribution is -0.135. The van der Waals surface area contributed by atoms with E-state index in [1.165, 1.54) is 12.1 Å². The van der Waals surface area contributed by atoms with Gasteiger partial charge in [0.1, 0.15) is 5.82 Å². The molecule has 0 radical (unpaired) electrons. The number of halogens is 1. The number of aromatic nitrogens is 1. The first-order valence-electron chi connectivity index (χ1n) is 8.42. The zero-order valence-corrected chi connectivity index (χ0v) is 15.4. The number of thiazole rings is 1. The fourth-order valence-corrected chi connectivity index (χ4v) is 3.83. The van der Waals surface area contributed by atoms with Crippen LogP contribution in [0.15, 0.2) is 35.8 Å². The third-order valence-electron chi connectivity index (χ3n) is 4.59. The number of hydrogen-bond acceptors (Lipinski definition) is 5. The van der Waals surface area contributed by atoms with Crippen LogP contribution in [0.3, 0.4) is 0 Å². The number of nitrogens with zero attached hydrogens (tertiary/aromatic N) is 4. The van der Waals surface area contributed by atoms with Gasteiger partial charge >= 0.3 is 0 Å². The molecule has 1 atom stereocenters. The third-order valence-corrected chi connectivity index (χ3v) is 5.43. The molecule has 25 heavy (non-hydrogen) atoms. The summed E-state index contributed by atoms with van der Waals surface area (Å²) >= 11 is 1.64.